The molecule has 1 heterocycles. The number of nitrogens with zero attached hydrogens (tertiary/aromatic N) is 2. The van der Waals surface area contributed by atoms with E-state index >= 15 is 0 Å². The molecule has 2 atom stereocenters. The van der Waals surface area contributed by atoms with Crippen molar-refractivity contribution in [1.82, 2.24) is 16.3 Å². The predicted molar refractivity (Wildman–Crippen MR) is 194 cm³/mol. The van der Waals surface area contributed by atoms with E-state index in [4.69, 9.17) is 28.2 Å². The van der Waals surface area contributed by atoms with Gasteiger partial charge in [0.05, 0.1) is 27.2 Å². The van der Waals surface area contributed by atoms with Gasteiger partial charge in [-0.2, -0.15) is 5.10 Å². The van der Waals surface area contributed by atoms with Gasteiger partial charge >= 0.3 is 0 Å². The number of amides is 1. The summed E-state index contributed by atoms with van der Waals surface area (Å²) in [4.78, 5) is 18.9. The molecule has 7 nitrogen and oxygen atoms in total. The molecule has 5 aromatic rings. The molecule has 0 spiro atoms. The number of hydrazone groups is 1. The third-order valence-electron chi connectivity index (χ3n) is 7.22. The van der Waals surface area contributed by atoms with Gasteiger partial charge in [-0.1, -0.05) is 126 Å². The smallest absolute Gasteiger partial charge is 0.257 e. The number of nitrogens with one attached hydrogen (secondary N) is 4. The van der Waals surface area contributed by atoms with Crippen LogP contribution in [0.25, 0.3) is 0 Å². The highest BCUT2D eigenvalue weighted by Gasteiger charge is 2.24. The molecule has 1 amide bonds. The molecule has 5 aromatic carbocycles. The second-order valence-corrected chi connectivity index (χ2v) is 12.4. The van der Waals surface area contributed by atoms with Crippen molar-refractivity contribution in [2.45, 2.75) is 16.2 Å². The fourth-order valence-electron chi connectivity index (χ4n) is 4.93. The van der Waals surface area contributed by atoms with Crippen molar-refractivity contribution in [3.8, 4) is 0 Å². The Morgan fingerprint density at radius 1 is 0.830 bits per heavy atom. The number of benzene rings is 5. The van der Waals surface area contributed by atoms with Crippen LogP contribution in [0.5, 0.6) is 0 Å². The zero-order valence-corrected chi connectivity index (χ0v) is 27.3. The molecule has 0 aliphatic carbocycles. The minimum Gasteiger partial charge on any atom is -0.321 e. The minimum atomic E-state index is -0.315. The maximum absolute atomic E-state index is 13.1. The van der Waals surface area contributed by atoms with E-state index in [0.29, 0.717) is 22.2 Å². The highest BCUT2D eigenvalue weighted by Crippen LogP contribution is 2.40. The Hall–Kier alpha value is -5.02. The minimum absolute atomic E-state index is 0.0938. The van der Waals surface area contributed by atoms with Gasteiger partial charge in [0.15, 0.2) is 0 Å². The maximum atomic E-state index is 13.1. The Kier molecular flexibility index (Phi) is 10.5. The van der Waals surface area contributed by atoms with Crippen molar-refractivity contribution in [2.24, 2.45) is 10.1 Å². The van der Waals surface area contributed by atoms with Gasteiger partial charge in [0, 0.05) is 21.7 Å². The summed E-state index contributed by atoms with van der Waals surface area (Å²) in [5.74, 6) is 0.172. The van der Waals surface area contributed by atoms with Crippen molar-refractivity contribution in [3.63, 3.8) is 0 Å². The predicted octanol–water partition coefficient (Wildman–Crippen LogP) is 8.79. The molecule has 0 saturated heterocycles. The first-order valence-corrected chi connectivity index (χ1v) is 16.5. The van der Waals surface area contributed by atoms with Crippen LogP contribution in [0, 0.1) is 0 Å². The van der Waals surface area contributed by atoms with E-state index in [9.17, 15) is 4.79 Å². The summed E-state index contributed by atoms with van der Waals surface area (Å²) >= 11 is 13.9. The summed E-state index contributed by atoms with van der Waals surface area (Å²) in [6.45, 7) is 0. The molecule has 0 bridgehead atoms. The van der Waals surface area contributed by atoms with Crippen LogP contribution in [0.15, 0.2) is 161 Å². The second-order valence-electron chi connectivity index (χ2n) is 10.4. The van der Waals surface area contributed by atoms with Crippen LogP contribution < -0.4 is 21.6 Å². The van der Waals surface area contributed by atoms with Crippen LogP contribution in [-0.4, -0.2) is 17.6 Å². The first kappa shape index (κ1) is 31.9. The molecule has 6 rings (SSSR count). The second kappa shape index (κ2) is 15.5. The average Bonchev–Trinajstić information content (AvgIpc) is 3.11. The van der Waals surface area contributed by atoms with Gasteiger partial charge < -0.3 is 10.7 Å². The summed E-state index contributed by atoms with van der Waals surface area (Å²) < 4.78 is 0. The van der Waals surface area contributed by atoms with E-state index in [-0.39, 0.29) is 22.2 Å². The molecule has 0 aromatic heterocycles. The number of thioether (sulfide) groups is 1. The molecule has 0 fully saturated rings. The summed E-state index contributed by atoms with van der Waals surface area (Å²) in [6, 6.07) is 42.5. The zero-order valence-electron chi connectivity index (χ0n) is 25.0. The number of para-hydroxylation sites is 1. The first-order chi connectivity index (χ1) is 23.0. The van der Waals surface area contributed by atoms with E-state index in [1.807, 2.05) is 103 Å². The number of carbonyl (C=O) groups excluding carboxylic acids is 1. The number of carbonyl (C=O) groups is 1. The molecular weight excluding hydrogens is 647 g/mol. The lowest BCUT2D eigenvalue weighted by Gasteiger charge is -2.23. The number of guanidine groups is 1. The van der Waals surface area contributed by atoms with Gasteiger partial charge in [-0.25, -0.2) is 10.4 Å². The summed E-state index contributed by atoms with van der Waals surface area (Å²) in [6.07, 6.45) is 3.87. The molecule has 0 saturated carbocycles. The Bertz CT molecular complexity index is 1920. The number of hydrogen-bond acceptors (Lipinski definition) is 7. The molecule has 10 heteroatoms. The fourth-order valence-corrected chi connectivity index (χ4v) is 6.55. The van der Waals surface area contributed by atoms with E-state index < -0.39 is 0 Å². The van der Waals surface area contributed by atoms with Gasteiger partial charge in [-0.05, 0) is 47.5 Å². The number of anilines is 1. The Morgan fingerprint density at radius 3 is 2.26 bits per heavy atom. The van der Waals surface area contributed by atoms with Crippen molar-refractivity contribution in [3.05, 3.63) is 178 Å². The van der Waals surface area contributed by atoms with Gasteiger partial charge in [-0.15, -0.1) is 11.8 Å². The van der Waals surface area contributed by atoms with Crippen LogP contribution in [-0.2, 0) is 0 Å². The van der Waals surface area contributed by atoms with Crippen molar-refractivity contribution < 1.29 is 4.79 Å². The Morgan fingerprint density at radius 2 is 1.51 bits per heavy atom. The summed E-state index contributed by atoms with van der Waals surface area (Å²) in [5.41, 5.74) is 14.3. The van der Waals surface area contributed by atoms with E-state index in [1.165, 1.54) is 0 Å². The molecule has 0 unspecified atom stereocenters. The standard InChI is InChI=1S/C37H30Cl2N6OS/c38-28-20-21-29(30(39)24-28)36(46)41-31-18-10-11-19-33(31)47-32(25-12-4-1-5-13-25)22-23-40-44-37-42-34(26-14-6-2-7-15-26)35(43-45-37)27-16-8-3-9-17-27/h1-24,32,34,40H,(H,41,46)(H2,42,44,45)/b23-22-/t32-,34-/m0/s1. The summed E-state index contributed by atoms with van der Waals surface area (Å²) in [7, 11) is 0. The SMILES string of the molecule is O=C(Nc1ccccc1S[C@@H](/C=C\NNC1=N[C@@H](c2ccccc2)C(c2ccccc2)=NN1)c1ccccc1)c1ccc(Cl)cc1Cl. The van der Waals surface area contributed by atoms with Crippen LogP contribution >= 0.6 is 35.0 Å². The van der Waals surface area contributed by atoms with Crippen molar-refractivity contribution >= 4 is 58.2 Å². The summed E-state index contributed by atoms with van der Waals surface area (Å²) in [5, 5.41) is 8.35. The van der Waals surface area contributed by atoms with E-state index in [2.05, 4.69) is 51.0 Å². The van der Waals surface area contributed by atoms with Gasteiger partial charge in [0.2, 0.25) is 5.96 Å². The van der Waals surface area contributed by atoms with Crippen LogP contribution in [0.1, 0.15) is 38.3 Å². The molecule has 47 heavy (non-hydrogen) atoms. The number of halogens is 2. The van der Waals surface area contributed by atoms with Crippen LogP contribution in [0.2, 0.25) is 10.0 Å². The van der Waals surface area contributed by atoms with Crippen LogP contribution in [0.3, 0.4) is 0 Å². The molecule has 0 radical (unpaired) electrons. The fraction of sp³-hybridized carbons (Fsp3) is 0.0541. The Labute approximate surface area is 287 Å². The largest absolute Gasteiger partial charge is 0.321 e. The monoisotopic (exact) mass is 676 g/mol. The molecular formula is C37H30Cl2N6OS. The van der Waals surface area contributed by atoms with Gasteiger partial charge in [0.25, 0.3) is 5.91 Å². The lowest BCUT2D eigenvalue weighted by molar-refractivity contribution is 0.102. The number of rotatable bonds is 10. The van der Waals surface area contributed by atoms with E-state index in [0.717, 1.165) is 27.3 Å². The highest BCUT2D eigenvalue weighted by atomic mass is 35.5. The average molecular weight is 678 g/mol. The molecule has 4 N–H and O–H groups in total. The number of aliphatic imine (C=N–C) groups is 1. The number of hydrogen-bond donors (Lipinski definition) is 4. The topological polar surface area (TPSA) is 89.9 Å². The quantitative estimate of drug-likeness (QED) is 0.0877. The Balaban J connectivity index is 1.17. The molecule has 1 aliphatic heterocycles. The zero-order chi connectivity index (χ0) is 32.4. The molecule has 1 aliphatic rings. The normalized spacial score (nSPS) is 14.8. The van der Waals surface area contributed by atoms with Crippen molar-refractivity contribution in [1.29, 1.82) is 0 Å². The maximum Gasteiger partial charge on any atom is 0.257 e. The first-order valence-electron chi connectivity index (χ1n) is 14.8. The molecule has 234 valence electrons. The van der Waals surface area contributed by atoms with Crippen molar-refractivity contribution in [2.75, 3.05) is 5.32 Å². The third kappa shape index (κ3) is 8.23. The van der Waals surface area contributed by atoms with E-state index in [1.54, 1.807) is 30.0 Å². The lowest BCUT2D eigenvalue weighted by atomic mass is 9.97. The third-order valence-corrected chi connectivity index (χ3v) is 9.06. The van der Waals surface area contributed by atoms with Crippen LogP contribution in [0.4, 0.5) is 5.69 Å². The van der Waals surface area contributed by atoms with Gasteiger partial charge in [0.1, 0.15) is 6.04 Å². The van der Waals surface area contributed by atoms with Gasteiger partial charge in [-0.3, -0.25) is 10.2 Å². The highest BCUT2D eigenvalue weighted by molar-refractivity contribution is 7.99. The number of hydrazine groups is 1. The lowest BCUT2D eigenvalue weighted by Crippen LogP contribution is -2.44.